The fourth-order valence-corrected chi connectivity index (χ4v) is 2.83. The summed E-state index contributed by atoms with van der Waals surface area (Å²) in [6.07, 6.45) is 3.60. The third kappa shape index (κ3) is 1.66. The molecule has 0 radical (unpaired) electrons. The molecule has 1 aliphatic rings. The smallest absolute Gasteiger partial charge is 0.132 e. The zero-order valence-electron chi connectivity index (χ0n) is 10.5. The van der Waals surface area contributed by atoms with E-state index < -0.39 is 0 Å². The molecule has 96 valence electrons. The molecular formula is C12H16ClN5. The minimum atomic E-state index is 0.0520. The van der Waals surface area contributed by atoms with Crippen LogP contribution in [-0.4, -0.2) is 26.3 Å². The van der Waals surface area contributed by atoms with Crippen molar-refractivity contribution in [2.75, 3.05) is 6.54 Å². The molecular weight excluding hydrogens is 250 g/mol. The summed E-state index contributed by atoms with van der Waals surface area (Å²) < 4.78 is 1.73. The van der Waals surface area contributed by atoms with Crippen molar-refractivity contribution < 1.29 is 0 Å². The van der Waals surface area contributed by atoms with Crippen molar-refractivity contribution >= 4 is 11.6 Å². The van der Waals surface area contributed by atoms with Crippen molar-refractivity contribution in [2.24, 2.45) is 7.05 Å². The lowest BCUT2D eigenvalue weighted by Gasteiger charge is -2.23. The lowest BCUT2D eigenvalue weighted by Crippen LogP contribution is -2.31. The molecule has 1 atom stereocenters. The minimum absolute atomic E-state index is 0.0520. The SMILES string of the molecule is CCc1nn(C)c(Cl)c1C1NCCc2[nH]cnc21. The van der Waals surface area contributed by atoms with Gasteiger partial charge in [-0.05, 0) is 6.42 Å². The summed E-state index contributed by atoms with van der Waals surface area (Å²) in [5.74, 6) is 0. The van der Waals surface area contributed by atoms with Crippen LogP contribution in [-0.2, 0) is 19.9 Å². The highest BCUT2D eigenvalue weighted by atomic mass is 35.5. The fourth-order valence-electron chi connectivity index (χ4n) is 2.58. The Hall–Kier alpha value is -1.33. The molecule has 3 rings (SSSR count). The van der Waals surface area contributed by atoms with E-state index in [1.165, 1.54) is 5.69 Å². The number of aromatic amines is 1. The lowest BCUT2D eigenvalue weighted by molar-refractivity contribution is 0.550. The standard InChI is InChI=1S/C12H16ClN5/c1-3-7-9(12(13)18(2)17-7)11-10-8(4-5-14-11)15-6-16-10/h6,11,14H,3-5H2,1-2H3,(H,15,16). The van der Waals surface area contributed by atoms with Crippen molar-refractivity contribution in [2.45, 2.75) is 25.8 Å². The van der Waals surface area contributed by atoms with Gasteiger partial charge in [0.15, 0.2) is 0 Å². The first-order valence-corrected chi connectivity index (χ1v) is 6.57. The van der Waals surface area contributed by atoms with Crippen molar-refractivity contribution in [3.63, 3.8) is 0 Å². The molecule has 0 aromatic carbocycles. The van der Waals surface area contributed by atoms with E-state index in [0.29, 0.717) is 5.15 Å². The Labute approximate surface area is 111 Å². The van der Waals surface area contributed by atoms with Crippen molar-refractivity contribution in [3.05, 3.63) is 34.1 Å². The number of aromatic nitrogens is 4. The van der Waals surface area contributed by atoms with E-state index in [-0.39, 0.29) is 6.04 Å². The van der Waals surface area contributed by atoms with Crippen molar-refractivity contribution in [1.82, 2.24) is 25.1 Å². The molecule has 2 aromatic heterocycles. The van der Waals surface area contributed by atoms with Crippen LogP contribution in [0, 0.1) is 0 Å². The average molecular weight is 266 g/mol. The van der Waals surface area contributed by atoms with Gasteiger partial charge in [-0.3, -0.25) is 4.68 Å². The van der Waals surface area contributed by atoms with E-state index >= 15 is 0 Å². The molecule has 1 unspecified atom stereocenters. The Kier molecular flexibility index (Phi) is 2.87. The summed E-state index contributed by atoms with van der Waals surface area (Å²) in [6.45, 7) is 3.02. The third-order valence-corrected chi connectivity index (χ3v) is 3.91. The van der Waals surface area contributed by atoms with Crippen LogP contribution in [0.1, 0.15) is 35.6 Å². The third-order valence-electron chi connectivity index (χ3n) is 3.46. The molecule has 5 nitrogen and oxygen atoms in total. The predicted molar refractivity (Wildman–Crippen MR) is 69.7 cm³/mol. The Morgan fingerprint density at radius 3 is 3.17 bits per heavy atom. The zero-order valence-corrected chi connectivity index (χ0v) is 11.3. The predicted octanol–water partition coefficient (Wildman–Crippen LogP) is 1.59. The molecule has 6 heteroatoms. The van der Waals surface area contributed by atoms with Gasteiger partial charge in [-0.1, -0.05) is 18.5 Å². The van der Waals surface area contributed by atoms with Crippen LogP contribution < -0.4 is 5.32 Å². The van der Waals surface area contributed by atoms with Crippen LogP contribution in [0.5, 0.6) is 0 Å². The number of rotatable bonds is 2. The van der Waals surface area contributed by atoms with Crippen LogP contribution in [0.4, 0.5) is 0 Å². The Bertz CT molecular complexity index is 571. The Balaban J connectivity index is 2.12. The number of imidazole rings is 1. The number of H-pyrrole nitrogens is 1. The maximum atomic E-state index is 6.38. The number of fused-ring (bicyclic) bond motifs is 1. The number of hydrogen-bond acceptors (Lipinski definition) is 3. The summed E-state index contributed by atoms with van der Waals surface area (Å²) in [4.78, 5) is 7.63. The van der Waals surface area contributed by atoms with E-state index in [0.717, 1.165) is 36.3 Å². The highest BCUT2D eigenvalue weighted by Crippen LogP contribution is 2.33. The molecule has 0 saturated heterocycles. The van der Waals surface area contributed by atoms with Gasteiger partial charge in [-0.15, -0.1) is 0 Å². The summed E-state index contributed by atoms with van der Waals surface area (Å²) in [5.41, 5.74) is 4.34. The second-order valence-corrected chi connectivity index (χ2v) is 4.89. The number of hydrogen-bond donors (Lipinski definition) is 2. The van der Waals surface area contributed by atoms with Crippen LogP contribution in [0.25, 0.3) is 0 Å². The fraction of sp³-hybridized carbons (Fsp3) is 0.500. The molecule has 0 saturated carbocycles. The molecule has 18 heavy (non-hydrogen) atoms. The van der Waals surface area contributed by atoms with Gasteiger partial charge in [0.1, 0.15) is 5.15 Å². The van der Waals surface area contributed by atoms with Crippen LogP contribution in [0.15, 0.2) is 6.33 Å². The number of halogens is 1. The molecule has 0 fully saturated rings. The number of aryl methyl sites for hydroxylation is 2. The number of nitrogens with zero attached hydrogens (tertiary/aromatic N) is 3. The molecule has 0 aliphatic carbocycles. The van der Waals surface area contributed by atoms with Gasteiger partial charge < -0.3 is 10.3 Å². The molecule has 3 heterocycles. The molecule has 0 bridgehead atoms. The largest absolute Gasteiger partial charge is 0.348 e. The number of nitrogens with one attached hydrogen (secondary N) is 2. The Morgan fingerprint density at radius 1 is 1.56 bits per heavy atom. The van der Waals surface area contributed by atoms with Crippen LogP contribution >= 0.6 is 11.6 Å². The second-order valence-electron chi connectivity index (χ2n) is 4.53. The van der Waals surface area contributed by atoms with E-state index in [1.54, 1.807) is 11.0 Å². The van der Waals surface area contributed by atoms with Crippen LogP contribution in [0.3, 0.4) is 0 Å². The van der Waals surface area contributed by atoms with E-state index in [1.807, 2.05) is 7.05 Å². The maximum absolute atomic E-state index is 6.38. The zero-order chi connectivity index (χ0) is 12.7. The average Bonchev–Trinajstić information content (AvgIpc) is 2.95. The van der Waals surface area contributed by atoms with Gasteiger partial charge in [0, 0.05) is 31.3 Å². The van der Waals surface area contributed by atoms with E-state index in [9.17, 15) is 0 Å². The maximum Gasteiger partial charge on any atom is 0.132 e. The van der Waals surface area contributed by atoms with E-state index in [2.05, 4.69) is 27.3 Å². The quantitative estimate of drug-likeness (QED) is 0.867. The van der Waals surface area contributed by atoms with Crippen LogP contribution in [0.2, 0.25) is 5.15 Å². The summed E-state index contributed by atoms with van der Waals surface area (Å²) in [5, 5.41) is 8.65. The monoisotopic (exact) mass is 265 g/mol. The summed E-state index contributed by atoms with van der Waals surface area (Å²) >= 11 is 6.38. The molecule has 0 spiro atoms. The Morgan fingerprint density at radius 2 is 2.39 bits per heavy atom. The second kappa shape index (κ2) is 4.40. The van der Waals surface area contributed by atoms with Gasteiger partial charge in [0.25, 0.3) is 0 Å². The molecule has 0 amide bonds. The summed E-state index contributed by atoms with van der Waals surface area (Å²) in [6, 6.07) is 0.0520. The van der Waals surface area contributed by atoms with Gasteiger partial charge in [0.2, 0.25) is 0 Å². The van der Waals surface area contributed by atoms with Gasteiger partial charge >= 0.3 is 0 Å². The van der Waals surface area contributed by atoms with Gasteiger partial charge in [-0.25, -0.2) is 4.98 Å². The van der Waals surface area contributed by atoms with E-state index in [4.69, 9.17) is 11.6 Å². The highest BCUT2D eigenvalue weighted by molar-refractivity contribution is 6.30. The molecule has 2 N–H and O–H groups in total. The summed E-state index contributed by atoms with van der Waals surface area (Å²) in [7, 11) is 1.87. The normalized spacial score (nSPS) is 18.9. The van der Waals surface area contributed by atoms with Crippen molar-refractivity contribution in [1.29, 1.82) is 0 Å². The first-order valence-electron chi connectivity index (χ1n) is 6.19. The first kappa shape index (κ1) is 11.7. The van der Waals surface area contributed by atoms with Crippen molar-refractivity contribution in [3.8, 4) is 0 Å². The molecule has 1 aliphatic heterocycles. The minimum Gasteiger partial charge on any atom is -0.348 e. The lowest BCUT2D eigenvalue weighted by atomic mass is 9.97. The molecule has 2 aromatic rings. The van der Waals surface area contributed by atoms with Gasteiger partial charge in [0.05, 0.1) is 23.8 Å². The topological polar surface area (TPSA) is 58.5 Å². The highest BCUT2D eigenvalue weighted by Gasteiger charge is 2.29. The van der Waals surface area contributed by atoms with Gasteiger partial charge in [-0.2, -0.15) is 5.10 Å². The first-order chi connectivity index (χ1) is 8.72.